The number of hydrogen-bond acceptors (Lipinski definition) is 4. The van der Waals surface area contributed by atoms with Gasteiger partial charge in [-0.25, -0.2) is 9.82 Å². The Morgan fingerprint density at radius 3 is 2.58 bits per heavy atom. The smallest absolute Gasteiger partial charge is 0.277 e. The Labute approximate surface area is 147 Å². The Balaban J connectivity index is 1.89. The van der Waals surface area contributed by atoms with E-state index in [2.05, 4.69) is 26.5 Å². The minimum atomic E-state index is -0.404. The van der Waals surface area contributed by atoms with E-state index in [9.17, 15) is 9.18 Å². The largest absolute Gasteiger partial charge is 0.497 e. The Bertz CT molecular complexity index is 748. The molecule has 0 bridgehead atoms. The van der Waals surface area contributed by atoms with Crippen LogP contribution in [0.4, 0.5) is 4.39 Å². The van der Waals surface area contributed by atoms with Gasteiger partial charge in [-0.05, 0) is 58.7 Å². The minimum absolute atomic E-state index is 0.189. The highest BCUT2D eigenvalue weighted by molar-refractivity contribution is 9.10. The normalized spacial score (nSPS) is 11.1. The average molecular weight is 395 g/mol. The quantitative estimate of drug-likeness (QED) is 0.602. The zero-order chi connectivity index (χ0) is 17.5. The number of carbonyl (C=O) groups is 1. The predicted octanol–water partition coefficient (Wildman–Crippen LogP) is 3.52. The first kappa shape index (κ1) is 17.9. The summed E-state index contributed by atoms with van der Waals surface area (Å²) >= 11 is 3.34. The number of amides is 1. The lowest BCUT2D eigenvalue weighted by Gasteiger charge is -2.09. The van der Waals surface area contributed by atoms with Gasteiger partial charge >= 0.3 is 0 Å². The van der Waals surface area contributed by atoms with E-state index >= 15 is 0 Å². The van der Waals surface area contributed by atoms with Gasteiger partial charge in [-0.2, -0.15) is 5.10 Å². The topological polar surface area (TPSA) is 59.9 Å². The van der Waals surface area contributed by atoms with Crippen LogP contribution in [0.2, 0.25) is 0 Å². The van der Waals surface area contributed by atoms with Crippen LogP contribution in [-0.2, 0) is 4.79 Å². The van der Waals surface area contributed by atoms with Gasteiger partial charge < -0.3 is 9.47 Å². The van der Waals surface area contributed by atoms with Gasteiger partial charge in [0.2, 0.25) is 0 Å². The van der Waals surface area contributed by atoms with E-state index in [1.54, 1.807) is 44.4 Å². The molecule has 5 nitrogen and oxygen atoms in total. The first-order chi connectivity index (χ1) is 11.5. The number of nitrogens with one attached hydrogen (secondary N) is 1. The molecule has 0 aliphatic carbocycles. The van der Waals surface area contributed by atoms with Crippen molar-refractivity contribution in [1.82, 2.24) is 5.43 Å². The molecule has 24 heavy (non-hydrogen) atoms. The summed E-state index contributed by atoms with van der Waals surface area (Å²) in [7, 11) is 1.57. The van der Waals surface area contributed by atoms with E-state index in [1.807, 2.05) is 0 Å². The molecule has 0 spiro atoms. The molecule has 0 unspecified atom stereocenters. The van der Waals surface area contributed by atoms with Gasteiger partial charge in [-0.3, -0.25) is 4.79 Å². The average Bonchev–Trinajstić information content (AvgIpc) is 2.59. The molecule has 2 aromatic rings. The summed E-state index contributed by atoms with van der Waals surface area (Å²) in [5, 5.41) is 3.97. The van der Waals surface area contributed by atoms with Crippen LogP contribution < -0.4 is 14.9 Å². The second-order valence-corrected chi connectivity index (χ2v) is 5.68. The first-order valence-electron chi connectivity index (χ1n) is 7.05. The summed E-state index contributed by atoms with van der Waals surface area (Å²) in [6, 6.07) is 11.0. The summed E-state index contributed by atoms with van der Waals surface area (Å²) in [4.78, 5) is 11.8. The molecular formula is C17H16BrFN2O3. The molecule has 0 aliphatic rings. The monoisotopic (exact) mass is 394 g/mol. The summed E-state index contributed by atoms with van der Waals surface area (Å²) in [5.41, 5.74) is 3.68. The highest BCUT2D eigenvalue weighted by Gasteiger charge is 2.07. The third-order valence-electron chi connectivity index (χ3n) is 3.11. The molecule has 0 radical (unpaired) electrons. The third-order valence-corrected chi connectivity index (χ3v) is 3.73. The Hall–Kier alpha value is -2.41. The minimum Gasteiger partial charge on any atom is -0.497 e. The van der Waals surface area contributed by atoms with E-state index in [0.29, 0.717) is 21.7 Å². The van der Waals surface area contributed by atoms with Crippen molar-refractivity contribution in [2.45, 2.75) is 6.92 Å². The predicted molar refractivity (Wildman–Crippen MR) is 92.9 cm³/mol. The van der Waals surface area contributed by atoms with E-state index in [-0.39, 0.29) is 12.4 Å². The van der Waals surface area contributed by atoms with Crippen LogP contribution in [0.1, 0.15) is 12.5 Å². The van der Waals surface area contributed by atoms with Crippen LogP contribution in [0.5, 0.6) is 11.5 Å². The van der Waals surface area contributed by atoms with Crippen molar-refractivity contribution in [2.24, 2.45) is 5.10 Å². The molecule has 0 saturated carbocycles. The number of hydrogen-bond donors (Lipinski definition) is 1. The van der Waals surface area contributed by atoms with Crippen LogP contribution in [0.25, 0.3) is 0 Å². The Morgan fingerprint density at radius 1 is 1.25 bits per heavy atom. The zero-order valence-corrected chi connectivity index (χ0v) is 14.8. The number of halogens is 2. The molecule has 2 aromatic carbocycles. The van der Waals surface area contributed by atoms with Crippen LogP contribution in [0.15, 0.2) is 52.0 Å². The number of methoxy groups -OCH3 is 1. The lowest BCUT2D eigenvalue weighted by molar-refractivity contribution is -0.123. The fraction of sp³-hybridized carbons (Fsp3) is 0.176. The van der Waals surface area contributed by atoms with Gasteiger partial charge in [0, 0.05) is 0 Å². The maximum Gasteiger partial charge on any atom is 0.277 e. The molecule has 0 saturated heterocycles. The van der Waals surface area contributed by atoms with Gasteiger partial charge in [-0.15, -0.1) is 0 Å². The summed E-state index contributed by atoms with van der Waals surface area (Å²) in [5.74, 6) is 0.469. The second-order valence-electron chi connectivity index (χ2n) is 4.82. The maximum absolute atomic E-state index is 12.9. The Kier molecular flexibility index (Phi) is 6.31. The first-order valence-corrected chi connectivity index (χ1v) is 7.84. The van der Waals surface area contributed by atoms with Crippen LogP contribution >= 0.6 is 15.9 Å². The molecule has 126 valence electrons. The van der Waals surface area contributed by atoms with E-state index < -0.39 is 5.91 Å². The standard InChI is InChI=1S/C17H16BrFN2O3/c1-11(12-3-5-13(19)6-4-12)20-21-17(22)10-24-16-8-7-14(23-2)9-15(16)18/h3-9H,10H2,1-2H3,(H,21,22)/b20-11-. The van der Waals surface area contributed by atoms with Gasteiger partial charge in [0.05, 0.1) is 17.3 Å². The van der Waals surface area contributed by atoms with Gasteiger partial charge in [0.1, 0.15) is 17.3 Å². The van der Waals surface area contributed by atoms with Crippen molar-refractivity contribution < 1.29 is 18.7 Å². The van der Waals surface area contributed by atoms with Crippen LogP contribution in [-0.4, -0.2) is 25.3 Å². The summed E-state index contributed by atoms with van der Waals surface area (Å²) < 4.78 is 24.1. The Morgan fingerprint density at radius 2 is 1.96 bits per heavy atom. The molecule has 0 aliphatic heterocycles. The number of benzene rings is 2. The third kappa shape index (κ3) is 5.06. The van der Waals surface area contributed by atoms with Crippen molar-refractivity contribution in [3.05, 3.63) is 58.3 Å². The van der Waals surface area contributed by atoms with E-state index in [1.165, 1.54) is 12.1 Å². The number of ether oxygens (including phenoxy) is 2. The lowest BCUT2D eigenvalue weighted by atomic mass is 10.1. The summed E-state index contributed by atoms with van der Waals surface area (Å²) in [6.07, 6.45) is 0. The molecule has 0 heterocycles. The van der Waals surface area contributed by atoms with Gasteiger partial charge in [0.15, 0.2) is 6.61 Å². The van der Waals surface area contributed by atoms with Crippen molar-refractivity contribution in [2.75, 3.05) is 13.7 Å². The molecular weight excluding hydrogens is 379 g/mol. The summed E-state index contributed by atoms with van der Waals surface area (Å²) in [6.45, 7) is 1.53. The molecule has 0 aromatic heterocycles. The highest BCUT2D eigenvalue weighted by Crippen LogP contribution is 2.28. The number of nitrogens with zero attached hydrogens (tertiary/aromatic N) is 1. The lowest BCUT2D eigenvalue weighted by Crippen LogP contribution is -2.25. The van der Waals surface area contributed by atoms with Gasteiger partial charge in [0.25, 0.3) is 5.91 Å². The van der Waals surface area contributed by atoms with Gasteiger partial charge in [-0.1, -0.05) is 12.1 Å². The fourth-order valence-electron chi connectivity index (χ4n) is 1.80. The van der Waals surface area contributed by atoms with Crippen LogP contribution in [0, 0.1) is 5.82 Å². The number of hydrazone groups is 1. The molecule has 2 rings (SSSR count). The zero-order valence-electron chi connectivity index (χ0n) is 13.2. The molecule has 1 amide bonds. The molecule has 0 fully saturated rings. The maximum atomic E-state index is 12.9. The molecule has 7 heteroatoms. The number of rotatable bonds is 6. The van der Waals surface area contributed by atoms with Crippen molar-refractivity contribution in [1.29, 1.82) is 0 Å². The molecule has 1 N–H and O–H groups in total. The molecule has 0 atom stereocenters. The van der Waals surface area contributed by atoms with E-state index in [0.717, 1.165) is 5.56 Å². The number of carbonyl (C=O) groups excluding carboxylic acids is 1. The second kappa shape index (κ2) is 8.44. The van der Waals surface area contributed by atoms with Crippen molar-refractivity contribution >= 4 is 27.5 Å². The SMILES string of the molecule is COc1ccc(OCC(=O)N/N=C(/C)c2ccc(F)cc2)c(Br)c1. The van der Waals surface area contributed by atoms with Crippen molar-refractivity contribution in [3.8, 4) is 11.5 Å². The van der Waals surface area contributed by atoms with Crippen LogP contribution in [0.3, 0.4) is 0 Å². The fourth-order valence-corrected chi connectivity index (χ4v) is 2.28. The highest BCUT2D eigenvalue weighted by atomic mass is 79.9. The van der Waals surface area contributed by atoms with E-state index in [4.69, 9.17) is 9.47 Å². The van der Waals surface area contributed by atoms with Crippen molar-refractivity contribution in [3.63, 3.8) is 0 Å².